The Morgan fingerprint density at radius 2 is 1.85 bits per heavy atom. The highest BCUT2D eigenvalue weighted by molar-refractivity contribution is 5.93. The van der Waals surface area contributed by atoms with Crippen LogP contribution in [-0.4, -0.2) is 89.6 Å². The molecule has 2 fully saturated rings. The van der Waals surface area contributed by atoms with Gasteiger partial charge in [-0.25, -0.2) is 15.1 Å². The standard InChI is InChI=1S/C23H27F6N7O4/c24-22(25,26)15-8-30-21(31-9-15)36-5-4-35(11-18(36)37)3-1-6-39-13-17(14-2-7-40-12-14)33-16-10-32-34-20(38)19(16)23(27,28)29/h8-10,14,17H,1-7,11-13H2,(H2,33,34,38)/t14-,17-/m0/s1. The molecule has 4 rings (SSSR count). The van der Waals surface area contributed by atoms with Gasteiger partial charge in [0.05, 0.1) is 43.2 Å². The number of aromatic amines is 1. The van der Waals surface area contributed by atoms with Crippen molar-refractivity contribution >= 4 is 17.5 Å². The summed E-state index contributed by atoms with van der Waals surface area (Å²) in [6, 6.07) is -0.568. The molecule has 40 heavy (non-hydrogen) atoms. The molecule has 2 saturated heterocycles. The largest absolute Gasteiger partial charge is 0.423 e. The first kappa shape index (κ1) is 29.7. The summed E-state index contributed by atoms with van der Waals surface area (Å²) in [6.07, 6.45) is -6.15. The van der Waals surface area contributed by atoms with Crippen molar-refractivity contribution in [3.05, 3.63) is 40.1 Å². The van der Waals surface area contributed by atoms with Crippen LogP contribution in [0.4, 0.5) is 38.0 Å². The average Bonchev–Trinajstić information content (AvgIpc) is 3.42. The molecule has 4 heterocycles. The SMILES string of the molecule is O=C1CN(CCCOC[C@H](Nc2cn[nH]c(=O)c2C(F)(F)F)[C@H]2CCOC2)CCN1c1ncc(C(F)(F)F)cn1. The van der Waals surface area contributed by atoms with Crippen LogP contribution < -0.4 is 15.8 Å². The van der Waals surface area contributed by atoms with E-state index in [-0.39, 0.29) is 44.1 Å². The van der Waals surface area contributed by atoms with Crippen LogP contribution in [0.3, 0.4) is 0 Å². The maximum Gasteiger partial charge on any atom is 0.423 e. The Kier molecular flexibility index (Phi) is 9.25. The number of H-pyrrole nitrogens is 1. The number of halogens is 6. The normalized spacial score (nSPS) is 19.7. The lowest BCUT2D eigenvalue weighted by molar-refractivity contribution is -0.139. The highest BCUT2D eigenvalue weighted by Gasteiger charge is 2.39. The molecule has 0 radical (unpaired) electrons. The van der Waals surface area contributed by atoms with Gasteiger partial charge in [0, 0.05) is 51.2 Å². The summed E-state index contributed by atoms with van der Waals surface area (Å²) in [5.41, 5.74) is -4.16. The molecule has 2 atom stereocenters. The van der Waals surface area contributed by atoms with Crippen molar-refractivity contribution < 1.29 is 40.6 Å². The maximum atomic E-state index is 13.4. The van der Waals surface area contributed by atoms with E-state index in [2.05, 4.69) is 20.4 Å². The van der Waals surface area contributed by atoms with E-state index >= 15 is 0 Å². The van der Waals surface area contributed by atoms with Crippen molar-refractivity contribution in [1.29, 1.82) is 0 Å². The van der Waals surface area contributed by atoms with Crippen LogP contribution in [-0.2, 0) is 26.6 Å². The Morgan fingerprint density at radius 1 is 1.10 bits per heavy atom. The molecule has 0 spiro atoms. The number of piperazine rings is 1. The van der Waals surface area contributed by atoms with Gasteiger partial charge in [-0.15, -0.1) is 0 Å². The zero-order chi connectivity index (χ0) is 28.9. The van der Waals surface area contributed by atoms with Crippen LogP contribution in [0.15, 0.2) is 23.4 Å². The molecule has 0 bridgehead atoms. The maximum absolute atomic E-state index is 13.4. The van der Waals surface area contributed by atoms with E-state index in [0.29, 0.717) is 51.5 Å². The number of hydrogen-bond acceptors (Lipinski definition) is 9. The molecule has 220 valence electrons. The Bertz CT molecular complexity index is 1200. The highest BCUT2D eigenvalue weighted by atomic mass is 19.4. The van der Waals surface area contributed by atoms with E-state index < -0.39 is 40.8 Å². The summed E-state index contributed by atoms with van der Waals surface area (Å²) in [7, 11) is 0. The number of amides is 1. The number of rotatable bonds is 10. The minimum absolute atomic E-state index is 0.0176. The molecule has 2 aromatic rings. The van der Waals surface area contributed by atoms with Crippen molar-refractivity contribution in [3.63, 3.8) is 0 Å². The Labute approximate surface area is 223 Å². The first-order chi connectivity index (χ1) is 18.9. The molecule has 2 aliphatic rings. The predicted octanol–water partition coefficient (Wildman–Crippen LogP) is 2.17. The third kappa shape index (κ3) is 7.45. The molecule has 17 heteroatoms. The lowest BCUT2D eigenvalue weighted by Crippen LogP contribution is -2.51. The molecule has 0 aliphatic carbocycles. The van der Waals surface area contributed by atoms with Crippen LogP contribution in [0.25, 0.3) is 0 Å². The van der Waals surface area contributed by atoms with Crippen LogP contribution in [0.1, 0.15) is 24.0 Å². The summed E-state index contributed by atoms with van der Waals surface area (Å²) in [4.78, 5) is 34.7. The monoisotopic (exact) mass is 579 g/mol. The summed E-state index contributed by atoms with van der Waals surface area (Å²) in [5.74, 6) is -0.595. The van der Waals surface area contributed by atoms with E-state index in [0.717, 1.165) is 6.20 Å². The molecule has 0 saturated carbocycles. The van der Waals surface area contributed by atoms with Gasteiger partial charge >= 0.3 is 12.4 Å². The quantitative estimate of drug-likeness (QED) is 0.322. The Balaban J connectivity index is 1.25. The van der Waals surface area contributed by atoms with E-state index in [1.54, 1.807) is 5.10 Å². The topological polar surface area (TPSA) is 126 Å². The lowest BCUT2D eigenvalue weighted by Gasteiger charge is -2.33. The number of carbonyl (C=O) groups is 1. The summed E-state index contributed by atoms with van der Waals surface area (Å²) < 4.78 is 89.6. The first-order valence-corrected chi connectivity index (χ1v) is 12.4. The van der Waals surface area contributed by atoms with Gasteiger partial charge in [-0.3, -0.25) is 19.4 Å². The van der Waals surface area contributed by atoms with Crippen molar-refractivity contribution in [1.82, 2.24) is 25.1 Å². The van der Waals surface area contributed by atoms with Crippen LogP contribution >= 0.6 is 0 Å². The van der Waals surface area contributed by atoms with E-state index in [9.17, 15) is 35.9 Å². The molecule has 2 aromatic heterocycles. The number of nitrogens with one attached hydrogen (secondary N) is 2. The Hall–Kier alpha value is -3.31. The van der Waals surface area contributed by atoms with Gasteiger partial charge in [-0.2, -0.15) is 31.4 Å². The number of ether oxygens (including phenoxy) is 2. The predicted molar refractivity (Wildman–Crippen MR) is 127 cm³/mol. The minimum Gasteiger partial charge on any atom is -0.381 e. The van der Waals surface area contributed by atoms with Gasteiger partial charge < -0.3 is 14.8 Å². The van der Waals surface area contributed by atoms with Gasteiger partial charge in [-0.05, 0) is 12.8 Å². The molecule has 2 N–H and O–H groups in total. The summed E-state index contributed by atoms with van der Waals surface area (Å²) in [6.45, 7) is 2.23. The van der Waals surface area contributed by atoms with Gasteiger partial charge in [0.15, 0.2) is 0 Å². The second kappa shape index (κ2) is 12.5. The van der Waals surface area contributed by atoms with E-state index in [4.69, 9.17) is 9.47 Å². The third-order valence-electron chi connectivity index (χ3n) is 6.58. The molecule has 0 aromatic carbocycles. The molecular weight excluding hydrogens is 552 g/mol. The Morgan fingerprint density at radius 3 is 2.48 bits per heavy atom. The number of hydrogen-bond donors (Lipinski definition) is 2. The van der Waals surface area contributed by atoms with Gasteiger partial charge in [0.25, 0.3) is 5.56 Å². The molecule has 0 unspecified atom stereocenters. The molecular formula is C23H27F6N7O4. The number of alkyl halides is 6. The smallest absolute Gasteiger partial charge is 0.381 e. The zero-order valence-electron chi connectivity index (χ0n) is 21.1. The van der Waals surface area contributed by atoms with Crippen molar-refractivity contribution in [2.75, 3.05) is 62.8 Å². The fourth-order valence-electron chi connectivity index (χ4n) is 4.49. The van der Waals surface area contributed by atoms with Gasteiger partial charge in [0.2, 0.25) is 11.9 Å². The summed E-state index contributed by atoms with van der Waals surface area (Å²) in [5, 5.41) is 8.06. The first-order valence-electron chi connectivity index (χ1n) is 12.4. The van der Waals surface area contributed by atoms with Gasteiger partial charge in [0.1, 0.15) is 5.56 Å². The zero-order valence-corrected chi connectivity index (χ0v) is 21.1. The van der Waals surface area contributed by atoms with E-state index in [1.165, 1.54) is 4.90 Å². The molecule has 1 amide bonds. The van der Waals surface area contributed by atoms with Crippen molar-refractivity contribution in [2.45, 2.75) is 31.2 Å². The van der Waals surface area contributed by atoms with Crippen LogP contribution in [0.5, 0.6) is 0 Å². The van der Waals surface area contributed by atoms with Crippen LogP contribution in [0.2, 0.25) is 0 Å². The van der Waals surface area contributed by atoms with E-state index in [1.807, 2.05) is 4.90 Å². The number of aromatic nitrogens is 4. The molecule has 11 nitrogen and oxygen atoms in total. The number of nitrogens with zero attached hydrogens (tertiary/aromatic N) is 5. The third-order valence-corrected chi connectivity index (χ3v) is 6.58. The summed E-state index contributed by atoms with van der Waals surface area (Å²) >= 11 is 0. The minimum atomic E-state index is -4.88. The fraction of sp³-hybridized carbons (Fsp3) is 0.609. The lowest BCUT2D eigenvalue weighted by atomic mass is 9.99. The average molecular weight is 580 g/mol. The second-order valence-corrected chi connectivity index (χ2v) is 9.38. The highest BCUT2D eigenvalue weighted by Crippen LogP contribution is 2.33. The van der Waals surface area contributed by atoms with Crippen molar-refractivity contribution in [3.8, 4) is 0 Å². The second-order valence-electron chi connectivity index (χ2n) is 9.38. The number of anilines is 2. The van der Waals surface area contributed by atoms with Gasteiger partial charge in [-0.1, -0.05) is 0 Å². The number of carbonyl (C=O) groups excluding carboxylic acids is 1. The fourth-order valence-corrected chi connectivity index (χ4v) is 4.49. The molecule has 2 aliphatic heterocycles. The van der Waals surface area contributed by atoms with Crippen LogP contribution in [0, 0.1) is 5.92 Å². The van der Waals surface area contributed by atoms with Crippen molar-refractivity contribution in [2.24, 2.45) is 5.92 Å².